The zero-order valence-corrected chi connectivity index (χ0v) is 19.7. The van der Waals surface area contributed by atoms with Crippen LogP contribution in [-0.2, 0) is 22.6 Å². The number of amides is 3. The lowest BCUT2D eigenvalue weighted by Crippen LogP contribution is -2.43. The lowest BCUT2D eigenvalue weighted by Gasteiger charge is -2.12. The normalized spacial score (nSPS) is 13.4. The van der Waals surface area contributed by atoms with E-state index in [4.69, 9.17) is 0 Å². The molecule has 1 fully saturated rings. The number of unbranched alkanes of at least 4 members (excludes halogenated alkanes) is 2. The molecule has 1 saturated heterocycles. The van der Waals surface area contributed by atoms with Crippen LogP contribution in [0.5, 0.6) is 0 Å². The molecule has 0 saturated carbocycles. The van der Waals surface area contributed by atoms with Crippen LogP contribution in [-0.4, -0.2) is 39.0 Å². The first kappa shape index (κ1) is 23.6. The lowest BCUT2D eigenvalue weighted by atomic mass is 10.1. The van der Waals surface area contributed by atoms with Crippen LogP contribution < -0.4 is 21.3 Å². The van der Waals surface area contributed by atoms with Crippen LogP contribution in [0.4, 0.5) is 5.13 Å². The number of hydrogen-bond acceptors (Lipinski definition) is 7. The Morgan fingerprint density at radius 1 is 1.12 bits per heavy atom. The Morgan fingerprint density at radius 3 is 2.65 bits per heavy atom. The van der Waals surface area contributed by atoms with Crippen LogP contribution in [0.2, 0.25) is 0 Å². The maximum atomic E-state index is 12.9. The summed E-state index contributed by atoms with van der Waals surface area (Å²) in [5.74, 6) is -1.04. The van der Waals surface area contributed by atoms with Gasteiger partial charge in [0.25, 0.3) is 11.5 Å². The van der Waals surface area contributed by atoms with Gasteiger partial charge in [0.05, 0.1) is 17.5 Å². The van der Waals surface area contributed by atoms with E-state index in [2.05, 4.69) is 27.9 Å². The fraction of sp³-hybridized carbons (Fsp3) is 0.391. The Balaban J connectivity index is 1.43. The van der Waals surface area contributed by atoms with Gasteiger partial charge in [0.15, 0.2) is 10.8 Å². The minimum absolute atomic E-state index is 0.0355. The van der Waals surface area contributed by atoms with Gasteiger partial charge in [-0.2, -0.15) is 5.10 Å². The molecule has 3 amide bonds. The van der Waals surface area contributed by atoms with Gasteiger partial charge in [0, 0.05) is 30.3 Å². The lowest BCUT2D eigenvalue weighted by molar-refractivity contribution is -0.121. The van der Waals surface area contributed by atoms with Crippen LogP contribution in [0.1, 0.15) is 55.2 Å². The van der Waals surface area contributed by atoms with Gasteiger partial charge >= 0.3 is 0 Å². The molecule has 1 aliphatic rings. The van der Waals surface area contributed by atoms with E-state index in [1.165, 1.54) is 16.0 Å². The van der Waals surface area contributed by atoms with Crippen LogP contribution >= 0.6 is 11.3 Å². The Hall–Kier alpha value is -3.60. The van der Waals surface area contributed by atoms with Crippen molar-refractivity contribution in [2.24, 2.45) is 0 Å². The quantitative estimate of drug-likeness (QED) is 0.374. The van der Waals surface area contributed by atoms with Gasteiger partial charge in [-0.25, -0.2) is 9.67 Å². The molecule has 2 N–H and O–H groups in total. The highest BCUT2D eigenvalue weighted by molar-refractivity contribution is 7.14. The van der Waals surface area contributed by atoms with E-state index in [1.807, 2.05) is 0 Å². The summed E-state index contributed by atoms with van der Waals surface area (Å²) in [6, 6.07) is 6.79. The second kappa shape index (κ2) is 10.6. The number of carbonyl (C=O) groups excluding carboxylic acids is 3. The van der Waals surface area contributed by atoms with Gasteiger partial charge in [-0.3, -0.25) is 34.9 Å². The third kappa shape index (κ3) is 5.14. The fourth-order valence-corrected chi connectivity index (χ4v) is 4.68. The molecule has 4 rings (SSSR count). The average Bonchev–Trinajstić information content (AvgIpc) is 3.47. The molecule has 34 heavy (non-hydrogen) atoms. The van der Waals surface area contributed by atoms with Crippen molar-refractivity contribution in [1.82, 2.24) is 25.6 Å². The number of carbonyl (C=O) groups is 3. The summed E-state index contributed by atoms with van der Waals surface area (Å²) in [4.78, 5) is 55.9. The predicted octanol–water partition coefficient (Wildman–Crippen LogP) is 2.17. The van der Waals surface area contributed by atoms with Crippen LogP contribution in [0, 0.1) is 0 Å². The third-order valence-corrected chi connectivity index (χ3v) is 6.47. The summed E-state index contributed by atoms with van der Waals surface area (Å²) in [6.07, 6.45) is 3.98. The number of benzene rings is 1. The first-order valence-electron chi connectivity index (χ1n) is 11.3. The molecule has 0 atom stereocenters. The summed E-state index contributed by atoms with van der Waals surface area (Å²) >= 11 is 1.31. The number of aromatic nitrogens is 3. The van der Waals surface area contributed by atoms with Crippen molar-refractivity contribution in [3.63, 3.8) is 0 Å². The maximum absolute atomic E-state index is 12.9. The van der Waals surface area contributed by atoms with Crippen molar-refractivity contribution in [3.05, 3.63) is 51.4 Å². The van der Waals surface area contributed by atoms with Gasteiger partial charge in [0.2, 0.25) is 11.8 Å². The van der Waals surface area contributed by atoms with Crippen molar-refractivity contribution in [3.8, 4) is 0 Å². The zero-order valence-electron chi connectivity index (χ0n) is 18.9. The Kier molecular flexibility index (Phi) is 7.31. The molecule has 3 heterocycles. The van der Waals surface area contributed by atoms with Gasteiger partial charge in [0.1, 0.15) is 0 Å². The number of nitrogens with one attached hydrogen (secondary N) is 2. The van der Waals surface area contributed by atoms with Gasteiger partial charge in [-0.1, -0.05) is 38.0 Å². The molecule has 1 aromatic carbocycles. The number of rotatable bonds is 8. The van der Waals surface area contributed by atoms with Crippen LogP contribution in [0.3, 0.4) is 0 Å². The molecule has 0 aliphatic carbocycles. The van der Waals surface area contributed by atoms with Crippen molar-refractivity contribution >= 4 is 45.0 Å². The molecule has 2 aromatic heterocycles. The number of aryl methyl sites for hydroxylation is 1. The molecule has 1 aliphatic heterocycles. The standard InChI is InChI=1S/C23H26N6O4S/c1-2-3-6-12-29-22(33)17-9-5-4-8-16(17)20(27-29)21(32)26-25-18(30)13-15-14-34-23(24-15)28-11-7-10-19(28)31/h4-5,8-9,14H,2-3,6-7,10-13H2,1H3,(H,25,30)(H,26,32). The topological polar surface area (TPSA) is 126 Å². The number of hydrazine groups is 1. The minimum atomic E-state index is -0.615. The molecule has 0 radical (unpaired) electrons. The second-order valence-corrected chi connectivity index (χ2v) is 8.92. The highest BCUT2D eigenvalue weighted by Crippen LogP contribution is 2.25. The van der Waals surface area contributed by atoms with E-state index in [0.29, 0.717) is 41.1 Å². The second-order valence-electron chi connectivity index (χ2n) is 8.08. The summed E-state index contributed by atoms with van der Waals surface area (Å²) in [6.45, 7) is 3.11. The van der Waals surface area contributed by atoms with E-state index in [-0.39, 0.29) is 23.6 Å². The van der Waals surface area contributed by atoms with Crippen molar-refractivity contribution in [1.29, 1.82) is 0 Å². The third-order valence-electron chi connectivity index (χ3n) is 5.56. The number of fused-ring (bicyclic) bond motifs is 1. The number of thiazole rings is 1. The molecule has 0 spiro atoms. The number of anilines is 1. The summed E-state index contributed by atoms with van der Waals surface area (Å²) in [5.41, 5.74) is 5.11. The molecule has 3 aromatic rings. The van der Waals surface area contributed by atoms with E-state index >= 15 is 0 Å². The highest BCUT2D eigenvalue weighted by atomic mass is 32.1. The molecule has 0 bridgehead atoms. The largest absolute Gasteiger partial charge is 0.290 e. The van der Waals surface area contributed by atoms with Gasteiger partial charge < -0.3 is 0 Å². The van der Waals surface area contributed by atoms with Crippen LogP contribution in [0.15, 0.2) is 34.4 Å². The van der Waals surface area contributed by atoms with E-state index in [0.717, 1.165) is 25.7 Å². The van der Waals surface area contributed by atoms with Gasteiger partial charge in [-0.15, -0.1) is 11.3 Å². The maximum Gasteiger partial charge on any atom is 0.290 e. The minimum Gasteiger partial charge on any atom is -0.288 e. The Bertz CT molecular complexity index is 1280. The van der Waals surface area contributed by atoms with Crippen molar-refractivity contribution in [2.45, 2.75) is 52.0 Å². The SMILES string of the molecule is CCCCCn1nc(C(=O)NNC(=O)Cc2csc(N3CCCC3=O)n2)c2ccccc2c1=O. The van der Waals surface area contributed by atoms with E-state index < -0.39 is 11.8 Å². The molecule has 11 heteroatoms. The Morgan fingerprint density at radius 2 is 1.91 bits per heavy atom. The predicted molar refractivity (Wildman–Crippen MR) is 129 cm³/mol. The first-order chi connectivity index (χ1) is 16.5. The van der Waals surface area contributed by atoms with E-state index in [9.17, 15) is 19.2 Å². The highest BCUT2D eigenvalue weighted by Gasteiger charge is 2.24. The molecular formula is C23H26N6O4S. The van der Waals surface area contributed by atoms with E-state index in [1.54, 1.807) is 34.5 Å². The first-order valence-corrected chi connectivity index (χ1v) is 12.2. The molecule has 178 valence electrons. The van der Waals surface area contributed by atoms with Crippen LogP contribution in [0.25, 0.3) is 10.8 Å². The molecule has 0 unspecified atom stereocenters. The monoisotopic (exact) mass is 482 g/mol. The van der Waals surface area contributed by atoms with Crippen molar-refractivity contribution < 1.29 is 14.4 Å². The molecular weight excluding hydrogens is 456 g/mol. The average molecular weight is 483 g/mol. The smallest absolute Gasteiger partial charge is 0.288 e. The summed E-state index contributed by atoms with van der Waals surface area (Å²) < 4.78 is 1.31. The van der Waals surface area contributed by atoms with Crippen molar-refractivity contribution in [2.75, 3.05) is 11.4 Å². The molecule has 10 nitrogen and oxygen atoms in total. The zero-order chi connectivity index (χ0) is 24.1. The summed E-state index contributed by atoms with van der Waals surface area (Å²) in [7, 11) is 0. The van der Waals surface area contributed by atoms with Gasteiger partial charge in [-0.05, 0) is 18.9 Å². The number of nitrogens with zero attached hydrogens (tertiary/aromatic N) is 4. The summed E-state index contributed by atoms with van der Waals surface area (Å²) in [5, 5.41) is 7.41. The Labute approximate surface area is 199 Å². The number of hydrogen-bond donors (Lipinski definition) is 2. The fourth-order valence-electron chi connectivity index (χ4n) is 3.81.